The number of nitrogens with one attached hydrogen (secondary N) is 2. The normalized spacial score (nSPS) is 26.4. The molecule has 0 aromatic carbocycles. The van der Waals surface area contributed by atoms with Gasteiger partial charge in [0.05, 0.1) is 23.7 Å². The number of carbonyl (C=O) groups excluding carboxylic acids is 2. The summed E-state index contributed by atoms with van der Waals surface area (Å²) in [6.07, 6.45) is 13.4. The van der Waals surface area contributed by atoms with Crippen LogP contribution in [-0.2, 0) is 0 Å². The topological polar surface area (TPSA) is 84.5 Å². The second-order valence-electron chi connectivity index (χ2n) is 9.40. The number of carbonyl (C=O) groups is 2. The van der Waals surface area contributed by atoms with Crippen molar-refractivity contribution in [2.24, 2.45) is 11.8 Å². The van der Waals surface area contributed by atoms with Crippen LogP contribution >= 0.6 is 0 Å². The van der Waals surface area contributed by atoms with E-state index < -0.39 is 0 Å². The van der Waals surface area contributed by atoms with E-state index in [0.29, 0.717) is 22.6 Å². The molecule has 2 aromatic rings. The van der Waals surface area contributed by atoms with E-state index in [4.69, 9.17) is 8.83 Å². The van der Waals surface area contributed by atoms with Gasteiger partial charge >= 0.3 is 0 Å². The first-order valence-corrected chi connectivity index (χ1v) is 11.7. The number of furan rings is 2. The van der Waals surface area contributed by atoms with E-state index in [1.54, 1.807) is 24.7 Å². The lowest BCUT2D eigenvalue weighted by atomic mass is 9.75. The van der Waals surface area contributed by atoms with E-state index in [0.717, 1.165) is 37.5 Å². The Morgan fingerprint density at radius 1 is 0.742 bits per heavy atom. The zero-order valence-electron chi connectivity index (χ0n) is 18.6. The minimum atomic E-state index is -0.0133. The smallest absolute Gasteiger partial charge is 0.255 e. The minimum Gasteiger partial charge on any atom is -0.469 e. The van der Waals surface area contributed by atoms with Gasteiger partial charge in [0.15, 0.2) is 0 Å². The highest BCUT2D eigenvalue weighted by molar-refractivity contribution is 5.95. The summed E-state index contributed by atoms with van der Waals surface area (Å²) in [6, 6.07) is 4.03. The fraction of sp³-hybridized carbons (Fsp3) is 0.600. The van der Waals surface area contributed by atoms with Crippen molar-refractivity contribution in [3.05, 3.63) is 47.3 Å². The van der Waals surface area contributed by atoms with Gasteiger partial charge in [-0.2, -0.15) is 0 Å². The summed E-state index contributed by atoms with van der Waals surface area (Å²) in [5.74, 6) is 2.85. The zero-order valence-corrected chi connectivity index (χ0v) is 18.6. The van der Waals surface area contributed by atoms with Gasteiger partial charge in [0, 0.05) is 12.1 Å². The molecule has 0 radical (unpaired) electrons. The van der Waals surface area contributed by atoms with Gasteiger partial charge in [-0.1, -0.05) is 0 Å². The Kier molecular flexibility index (Phi) is 6.83. The van der Waals surface area contributed by atoms with Gasteiger partial charge in [-0.25, -0.2) is 0 Å². The van der Waals surface area contributed by atoms with E-state index in [1.807, 2.05) is 13.8 Å². The van der Waals surface area contributed by atoms with Crippen LogP contribution in [0.4, 0.5) is 0 Å². The molecule has 2 N–H and O–H groups in total. The molecule has 0 saturated heterocycles. The largest absolute Gasteiger partial charge is 0.469 e. The molecule has 0 atom stereocenters. The van der Waals surface area contributed by atoms with Crippen molar-refractivity contribution in [1.29, 1.82) is 0 Å². The molecule has 4 rings (SSSR count). The van der Waals surface area contributed by atoms with Crippen LogP contribution in [0.2, 0.25) is 0 Å². The summed E-state index contributed by atoms with van der Waals surface area (Å²) in [4.78, 5) is 24.8. The highest BCUT2D eigenvalue weighted by Crippen LogP contribution is 2.35. The maximum absolute atomic E-state index is 12.4. The molecule has 2 heterocycles. The van der Waals surface area contributed by atoms with Crippen LogP contribution in [0.3, 0.4) is 0 Å². The van der Waals surface area contributed by atoms with Gasteiger partial charge in [-0.05, 0) is 95.6 Å². The van der Waals surface area contributed by atoms with E-state index in [9.17, 15) is 9.59 Å². The Morgan fingerprint density at radius 3 is 1.45 bits per heavy atom. The Bertz CT molecular complexity index is 811. The average molecular weight is 427 g/mol. The van der Waals surface area contributed by atoms with Crippen molar-refractivity contribution >= 4 is 11.8 Å². The molecule has 6 nitrogen and oxygen atoms in total. The van der Waals surface area contributed by atoms with Gasteiger partial charge < -0.3 is 19.5 Å². The molecule has 0 unspecified atom stereocenters. The zero-order chi connectivity index (χ0) is 21.8. The van der Waals surface area contributed by atoms with Crippen LogP contribution in [0.25, 0.3) is 0 Å². The van der Waals surface area contributed by atoms with Crippen LogP contribution in [0.5, 0.6) is 0 Å². The molecule has 6 heteroatoms. The molecule has 2 amide bonds. The van der Waals surface area contributed by atoms with E-state index in [-0.39, 0.29) is 23.9 Å². The summed E-state index contributed by atoms with van der Waals surface area (Å²) in [7, 11) is 0. The third-order valence-corrected chi connectivity index (χ3v) is 7.24. The molecule has 0 spiro atoms. The predicted octanol–water partition coefficient (Wildman–Crippen LogP) is 5.16. The van der Waals surface area contributed by atoms with Gasteiger partial charge in [0.25, 0.3) is 11.8 Å². The molecule has 2 aliphatic carbocycles. The molecule has 168 valence electrons. The number of rotatable bonds is 6. The molecular weight excluding hydrogens is 392 g/mol. The molecule has 0 aliphatic heterocycles. The van der Waals surface area contributed by atoms with E-state index in [2.05, 4.69) is 10.6 Å². The highest BCUT2D eigenvalue weighted by atomic mass is 16.3. The maximum atomic E-state index is 12.4. The van der Waals surface area contributed by atoms with Crippen molar-refractivity contribution < 1.29 is 18.4 Å². The summed E-state index contributed by atoms with van der Waals surface area (Å²) >= 11 is 0. The predicted molar refractivity (Wildman–Crippen MR) is 118 cm³/mol. The standard InChI is InChI=1S/C25H34N2O4/c1-16-22(11-13-30-16)24(28)26-20-7-3-18(4-8-20)15-19-5-9-21(10-6-19)27-25(29)23-12-14-31-17(23)2/h11-14,18-21H,3-10,15H2,1-2H3,(H,26,28)(H,27,29). The van der Waals surface area contributed by atoms with Crippen LogP contribution in [-0.4, -0.2) is 23.9 Å². The first-order chi connectivity index (χ1) is 15.0. The number of hydrogen-bond acceptors (Lipinski definition) is 4. The summed E-state index contributed by atoms with van der Waals surface area (Å²) in [5.41, 5.74) is 1.29. The van der Waals surface area contributed by atoms with E-state index >= 15 is 0 Å². The minimum absolute atomic E-state index is 0.0133. The average Bonchev–Trinajstić information content (AvgIpc) is 3.39. The lowest BCUT2D eigenvalue weighted by molar-refractivity contribution is 0.0916. The SMILES string of the molecule is Cc1occc1C(=O)NC1CCC(CC2CCC(NC(=O)c3ccoc3C)CC2)CC1. The number of aryl methyl sites for hydroxylation is 2. The fourth-order valence-electron chi connectivity index (χ4n) is 5.32. The molecular formula is C25H34N2O4. The van der Waals surface area contributed by atoms with Crippen molar-refractivity contribution in [1.82, 2.24) is 10.6 Å². The highest BCUT2D eigenvalue weighted by Gasteiger charge is 2.28. The molecule has 31 heavy (non-hydrogen) atoms. The van der Waals surface area contributed by atoms with Gasteiger partial charge in [-0.15, -0.1) is 0 Å². The number of hydrogen-bond donors (Lipinski definition) is 2. The van der Waals surface area contributed by atoms with Crippen molar-refractivity contribution in [2.75, 3.05) is 0 Å². The van der Waals surface area contributed by atoms with Crippen molar-refractivity contribution in [2.45, 2.75) is 83.7 Å². The van der Waals surface area contributed by atoms with Gasteiger partial charge in [0.1, 0.15) is 11.5 Å². The van der Waals surface area contributed by atoms with Crippen LogP contribution < -0.4 is 10.6 Å². The molecule has 0 bridgehead atoms. The van der Waals surface area contributed by atoms with Crippen molar-refractivity contribution in [3.8, 4) is 0 Å². The lowest BCUT2D eigenvalue weighted by Crippen LogP contribution is -2.39. The summed E-state index contributed by atoms with van der Waals surface area (Å²) < 4.78 is 10.5. The first kappa shape index (κ1) is 21.7. The maximum Gasteiger partial charge on any atom is 0.255 e. The molecule has 2 aliphatic rings. The lowest BCUT2D eigenvalue weighted by Gasteiger charge is -2.34. The number of amides is 2. The Morgan fingerprint density at radius 2 is 1.13 bits per heavy atom. The van der Waals surface area contributed by atoms with Crippen LogP contribution in [0.1, 0.15) is 90.0 Å². The first-order valence-electron chi connectivity index (χ1n) is 11.7. The Balaban J connectivity index is 1.15. The third-order valence-electron chi connectivity index (χ3n) is 7.24. The Labute approximate surface area is 184 Å². The van der Waals surface area contributed by atoms with Crippen LogP contribution in [0, 0.1) is 25.7 Å². The van der Waals surface area contributed by atoms with Crippen LogP contribution in [0.15, 0.2) is 33.5 Å². The monoisotopic (exact) mass is 426 g/mol. The van der Waals surface area contributed by atoms with Gasteiger partial charge in [0.2, 0.25) is 0 Å². The van der Waals surface area contributed by atoms with Crippen molar-refractivity contribution in [3.63, 3.8) is 0 Å². The third kappa shape index (κ3) is 5.41. The Hall–Kier alpha value is -2.50. The summed E-state index contributed by atoms with van der Waals surface area (Å²) in [6.45, 7) is 3.65. The van der Waals surface area contributed by atoms with Gasteiger partial charge in [-0.3, -0.25) is 9.59 Å². The molecule has 2 saturated carbocycles. The second kappa shape index (κ2) is 9.75. The molecule has 2 aromatic heterocycles. The fourth-order valence-corrected chi connectivity index (χ4v) is 5.32. The molecule has 2 fully saturated rings. The quantitative estimate of drug-likeness (QED) is 0.668. The van der Waals surface area contributed by atoms with E-state index in [1.165, 1.54) is 32.1 Å². The summed E-state index contributed by atoms with van der Waals surface area (Å²) in [5, 5.41) is 6.36. The second-order valence-corrected chi connectivity index (χ2v) is 9.40.